The predicted molar refractivity (Wildman–Crippen MR) is 116 cm³/mol. The Kier molecular flexibility index (Phi) is 6.20. The van der Waals surface area contributed by atoms with Crippen LogP contribution < -0.4 is 10.1 Å². The van der Waals surface area contributed by atoms with Crippen molar-refractivity contribution in [3.8, 4) is 11.4 Å². The number of aryl methyl sites for hydroxylation is 1. The first kappa shape index (κ1) is 19.6. The van der Waals surface area contributed by atoms with E-state index in [0.717, 1.165) is 35.0 Å². The fourth-order valence-electron chi connectivity index (χ4n) is 3.68. The summed E-state index contributed by atoms with van der Waals surface area (Å²) in [5.41, 5.74) is 4.55. The van der Waals surface area contributed by atoms with Crippen LogP contribution in [0.25, 0.3) is 5.69 Å². The number of methoxy groups -OCH3 is 1. The van der Waals surface area contributed by atoms with Crippen molar-refractivity contribution in [2.75, 3.05) is 12.9 Å². The van der Waals surface area contributed by atoms with E-state index in [0.29, 0.717) is 12.3 Å². The Balaban J connectivity index is 1.45. The standard InChI is InChI=1S/C23H25N3O2S/c1-28-21-14-8-5-9-17(21)15-24-22(27)16-29-23-25-19-12-6-7-13-20(19)26(23)18-10-3-2-4-11-18/h2-5,8-11,14H,6-7,12-13,15-16H2,1H3,(H,24,27). The molecule has 1 amide bonds. The third-order valence-corrected chi connectivity index (χ3v) is 6.06. The van der Waals surface area contributed by atoms with Gasteiger partial charge in [-0.05, 0) is 43.9 Å². The largest absolute Gasteiger partial charge is 0.496 e. The summed E-state index contributed by atoms with van der Waals surface area (Å²) < 4.78 is 7.58. The van der Waals surface area contributed by atoms with Crippen molar-refractivity contribution < 1.29 is 9.53 Å². The number of nitrogens with zero attached hydrogens (tertiary/aromatic N) is 2. The van der Waals surface area contributed by atoms with Crippen molar-refractivity contribution in [2.24, 2.45) is 0 Å². The van der Waals surface area contributed by atoms with Crippen molar-refractivity contribution in [3.63, 3.8) is 0 Å². The summed E-state index contributed by atoms with van der Waals surface area (Å²) in [7, 11) is 1.64. The lowest BCUT2D eigenvalue weighted by Gasteiger charge is -2.15. The minimum Gasteiger partial charge on any atom is -0.496 e. The highest BCUT2D eigenvalue weighted by molar-refractivity contribution is 7.99. The van der Waals surface area contributed by atoms with E-state index >= 15 is 0 Å². The quantitative estimate of drug-likeness (QED) is 0.597. The molecule has 0 saturated carbocycles. The average Bonchev–Trinajstić information content (AvgIpc) is 3.15. The van der Waals surface area contributed by atoms with Gasteiger partial charge in [-0.25, -0.2) is 4.98 Å². The number of carbonyl (C=O) groups is 1. The van der Waals surface area contributed by atoms with Gasteiger partial charge in [0.1, 0.15) is 5.75 Å². The number of fused-ring (bicyclic) bond motifs is 1. The van der Waals surface area contributed by atoms with Gasteiger partial charge in [0.25, 0.3) is 0 Å². The normalized spacial score (nSPS) is 13.0. The lowest BCUT2D eigenvalue weighted by Crippen LogP contribution is -2.25. The molecule has 0 fully saturated rings. The molecule has 0 spiro atoms. The van der Waals surface area contributed by atoms with Crippen molar-refractivity contribution in [1.29, 1.82) is 0 Å². The number of aromatic nitrogens is 2. The van der Waals surface area contributed by atoms with Gasteiger partial charge in [0, 0.05) is 23.5 Å². The number of carbonyl (C=O) groups excluding carboxylic acids is 1. The minimum absolute atomic E-state index is 0.0125. The van der Waals surface area contributed by atoms with Crippen LogP contribution in [0.2, 0.25) is 0 Å². The van der Waals surface area contributed by atoms with E-state index in [4.69, 9.17) is 9.72 Å². The molecule has 4 rings (SSSR count). The van der Waals surface area contributed by atoms with Crippen LogP contribution in [0, 0.1) is 0 Å². The van der Waals surface area contributed by atoms with Gasteiger partial charge >= 0.3 is 0 Å². The third kappa shape index (κ3) is 4.48. The molecule has 1 aliphatic carbocycles. The fraction of sp³-hybridized carbons (Fsp3) is 0.304. The lowest BCUT2D eigenvalue weighted by atomic mass is 10.0. The highest BCUT2D eigenvalue weighted by Crippen LogP contribution is 2.30. The van der Waals surface area contributed by atoms with E-state index in [9.17, 15) is 4.79 Å². The van der Waals surface area contributed by atoms with E-state index in [-0.39, 0.29) is 5.91 Å². The molecule has 2 aromatic carbocycles. The molecule has 3 aromatic rings. The zero-order valence-electron chi connectivity index (χ0n) is 16.6. The Morgan fingerprint density at radius 3 is 2.69 bits per heavy atom. The second kappa shape index (κ2) is 9.18. The maximum Gasteiger partial charge on any atom is 0.230 e. The maximum atomic E-state index is 12.5. The molecule has 6 heteroatoms. The van der Waals surface area contributed by atoms with Crippen LogP contribution in [-0.4, -0.2) is 28.3 Å². The van der Waals surface area contributed by atoms with E-state index in [1.165, 1.54) is 36.0 Å². The Bertz CT molecular complexity index is 985. The van der Waals surface area contributed by atoms with Crippen molar-refractivity contribution >= 4 is 17.7 Å². The summed E-state index contributed by atoms with van der Waals surface area (Å²) in [6.45, 7) is 0.451. The molecule has 5 nitrogen and oxygen atoms in total. The molecule has 29 heavy (non-hydrogen) atoms. The van der Waals surface area contributed by atoms with Gasteiger partial charge in [0.15, 0.2) is 5.16 Å². The van der Waals surface area contributed by atoms with E-state index in [1.54, 1.807) is 7.11 Å². The topological polar surface area (TPSA) is 56.1 Å². The number of benzene rings is 2. The zero-order valence-corrected chi connectivity index (χ0v) is 17.4. The molecule has 1 aliphatic rings. The Labute approximate surface area is 175 Å². The third-order valence-electron chi connectivity index (χ3n) is 5.12. The number of amides is 1. The maximum absolute atomic E-state index is 12.5. The average molecular weight is 408 g/mol. The van der Waals surface area contributed by atoms with Crippen molar-refractivity contribution in [3.05, 3.63) is 71.5 Å². The zero-order chi connectivity index (χ0) is 20.1. The highest BCUT2D eigenvalue weighted by atomic mass is 32.2. The summed E-state index contributed by atoms with van der Waals surface area (Å²) in [4.78, 5) is 17.3. The first-order valence-corrected chi connectivity index (χ1v) is 10.9. The van der Waals surface area contributed by atoms with E-state index in [2.05, 4.69) is 22.0 Å². The SMILES string of the molecule is COc1ccccc1CNC(=O)CSc1nc2c(n1-c1ccccc1)CCCC2. The molecule has 0 atom stereocenters. The number of nitrogens with one attached hydrogen (secondary N) is 1. The fourth-order valence-corrected chi connectivity index (χ4v) is 4.56. The van der Waals surface area contributed by atoms with Gasteiger partial charge in [-0.15, -0.1) is 0 Å². The van der Waals surface area contributed by atoms with Crippen LogP contribution >= 0.6 is 11.8 Å². The summed E-state index contributed by atoms with van der Waals surface area (Å²) in [5.74, 6) is 1.10. The van der Waals surface area contributed by atoms with Crippen molar-refractivity contribution in [1.82, 2.24) is 14.9 Å². The van der Waals surface area contributed by atoms with E-state index < -0.39 is 0 Å². The number of ether oxygens (including phenoxy) is 1. The van der Waals surface area contributed by atoms with Crippen LogP contribution in [0.4, 0.5) is 0 Å². The number of hydrogen-bond donors (Lipinski definition) is 1. The van der Waals surface area contributed by atoms with Crippen LogP contribution in [0.15, 0.2) is 59.8 Å². The molecule has 0 unspecified atom stereocenters. The van der Waals surface area contributed by atoms with Crippen LogP contribution in [0.1, 0.15) is 29.8 Å². The molecule has 1 heterocycles. The number of hydrogen-bond acceptors (Lipinski definition) is 4. The Morgan fingerprint density at radius 2 is 1.86 bits per heavy atom. The predicted octanol–water partition coefficient (Wildman–Crippen LogP) is 4.17. The summed E-state index contributed by atoms with van der Waals surface area (Å²) >= 11 is 1.50. The second-order valence-electron chi connectivity index (χ2n) is 7.04. The molecule has 0 bridgehead atoms. The molecule has 0 aliphatic heterocycles. The monoisotopic (exact) mass is 407 g/mol. The molecule has 1 aromatic heterocycles. The first-order valence-electron chi connectivity index (χ1n) is 9.93. The van der Waals surface area contributed by atoms with Gasteiger partial charge in [0.2, 0.25) is 5.91 Å². The Hall–Kier alpha value is -2.73. The first-order chi connectivity index (χ1) is 14.3. The van der Waals surface area contributed by atoms with Gasteiger partial charge in [-0.3, -0.25) is 9.36 Å². The summed E-state index contributed by atoms with van der Waals surface area (Å²) in [6, 6.07) is 18.0. The number of rotatable bonds is 7. The second-order valence-corrected chi connectivity index (χ2v) is 7.99. The van der Waals surface area contributed by atoms with Gasteiger partial charge < -0.3 is 10.1 Å². The number of para-hydroxylation sites is 2. The highest BCUT2D eigenvalue weighted by Gasteiger charge is 2.21. The van der Waals surface area contributed by atoms with Crippen molar-refractivity contribution in [2.45, 2.75) is 37.4 Å². The molecule has 150 valence electrons. The number of imidazole rings is 1. The molecular weight excluding hydrogens is 382 g/mol. The van der Waals surface area contributed by atoms with Crippen LogP contribution in [0.5, 0.6) is 5.75 Å². The molecule has 1 N–H and O–H groups in total. The van der Waals surface area contributed by atoms with Crippen LogP contribution in [-0.2, 0) is 24.2 Å². The minimum atomic E-state index is -0.0125. The summed E-state index contributed by atoms with van der Waals surface area (Å²) in [5, 5.41) is 3.89. The summed E-state index contributed by atoms with van der Waals surface area (Å²) in [6.07, 6.45) is 4.43. The lowest BCUT2D eigenvalue weighted by molar-refractivity contribution is -0.118. The van der Waals surface area contributed by atoms with Gasteiger partial charge in [0.05, 0.1) is 18.6 Å². The van der Waals surface area contributed by atoms with E-state index in [1.807, 2.05) is 42.5 Å². The van der Waals surface area contributed by atoms with Gasteiger partial charge in [-0.1, -0.05) is 48.2 Å². The Morgan fingerprint density at radius 1 is 1.10 bits per heavy atom. The molecule has 0 saturated heterocycles. The number of thioether (sulfide) groups is 1. The van der Waals surface area contributed by atoms with Gasteiger partial charge in [-0.2, -0.15) is 0 Å². The molecule has 0 radical (unpaired) electrons. The van der Waals surface area contributed by atoms with Crippen LogP contribution in [0.3, 0.4) is 0 Å². The molecular formula is C23H25N3O2S. The smallest absolute Gasteiger partial charge is 0.230 e.